The predicted molar refractivity (Wildman–Crippen MR) is 159 cm³/mol. The molecule has 9 nitrogen and oxygen atoms in total. The number of benzene rings is 1. The molecule has 0 amide bonds. The standard InChI is InChI=1S/C31H37N7O2/c39-21-28-30-24(9-12-33-28)19-27(25-3-6-29(35-20-25)34-13-14-38-15-17-40-18-16-38)37-31(30)36-26-4-1-22(2-5-26)23-7-10-32-11-8-23/h1-6,9,12,19-21,23,28,32-33H,7-8,10-11,13-18H2,(H,34,35)(H,36,37). The van der Waals surface area contributed by atoms with Crippen LogP contribution < -0.4 is 21.3 Å². The second-order valence-electron chi connectivity index (χ2n) is 10.6. The Labute approximate surface area is 235 Å². The first-order chi connectivity index (χ1) is 19.8. The third-order valence-corrected chi connectivity index (χ3v) is 7.96. The monoisotopic (exact) mass is 539 g/mol. The number of piperidine rings is 1. The topological polar surface area (TPSA) is 103 Å². The highest BCUT2D eigenvalue weighted by molar-refractivity contribution is 5.80. The molecule has 1 atom stereocenters. The van der Waals surface area contributed by atoms with Gasteiger partial charge in [-0.2, -0.15) is 0 Å². The number of hydrogen-bond acceptors (Lipinski definition) is 9. The van der Waals surface area contributed by atoms with E-state index in [1.807, 2.05) is 36.7 Å². The lowest BCUT2D eigenvalue weighted by Crippen LogP contribution is -2.39. The number of ether oxygens (including phenoxy) is 1. The van der Waals surface area contributed by atoms with Crippen molar-refractivity contribution in [3.63, 3.8) is 0 Å². The smallest absolute Gasteiger partial charge is 0.146 e. The van der Waals surface area contributed by atoms with Crippen molar-refractivity contribution in [3.8, 4) is 11.3 Å². The number of aldehydes is 1. The van der Waals surface area contributed by atoms with Gasteiger partial charge in [-0.05, 0) is 85.6 Å². The van der Waals surface area contributed by atoms with Crippen molar-refractivity contribution in [2.75, 3.05) is 63.1 Å². The summed E-state index contributed by atoms with van der Waals surface area (Å²) in [5, 5.41) is 13.5. The number of anilines is 3. The van der Waals surface area contributed by atoms with Gasteiger partial charge in [0.25, 0.3) is 0 Å². The molecule has 6 rings (SSSR count). The summed E-state index contributed by atoms with van der Waals surface area (Å²) in [6, 6.07) is 14.2. The maximum Gasteiger partial charge on any atom is 0.146 e. The lowest BCUT2D eigenvalue weighted by molar-refractivity contribution is -0.109. The summed E-state index contributed by atoms with van der Waals surface area (Å²) in [7, 11) is 0. The fraction of sp³-hybridized carbons (Fsp3) is 0.387. The van der Waals surface area contributed by atoms with Gasteiger partial charge in [0.2, 0.25) is 0 Å². The van der Waals surface area contributed by atoms with Gasteiger partial charge < -0.3 is 30.8 Å². The number of carbonyl (C=O) groups is 1. The molecular weight excluding hydrogens is 502 g/mol. The predicted octanol–water partition coefficient (Wildman–Crippen LogP) is 3.91. The van der Waals surface area contributed by atoms with E-state index < -0.39 is 6.04 Å². The Hall–Kier alpha value is -3.79. The van der Waals surface area contributed by atoms with Crippen molar-refractivity contribution in [1.29, 1.82) is 0 Å². The van der Waals surface area contributed by atoms with Crippen LogP contribution in [0.15, 0.2) is 54.9 Å². The first-order valence-corrected chi connectivity index (χ1v) is 14.3. The molecule has 4 N–H and O–H groups in total. The van der Waals surface area contributed by atoms with Crippen molar-refractivity contribution in [2.45, 2.75) is 24.8 Å². The van der Waals surface area contributed by atoms with E-state index in [0.29, 0.717) is 11.7 Å². The Morgan fingerprint density at radius 1 is 1.07 bits per heavy atom. The molecule has 0 radical (unpaired) electrons. The van der Waals surface area contributed by atoms with Gasteiger partial charge >= 0.3 is 0 Å². The van der Waals surface area contributed by atoms with Gasteiger partial charge in [0.15, 0.2) is 0 Å². The number of pyridine rings is 2. The highest BCUT2D eigenvalue weighted by Gasteiger charge is 2.23. The van der Waals surface area contributed by atoms with Gasteiger partial charge in [-0.1, -0.05) is 12.1 Å². The third-order valence-electron chi connectivity index (χ3n) is 7.96. The Bertz CT molecular complexity index is 1310. The number of morpholine rings is 1. The van der Waals surface area contributed by atoms with Crippen LogP contribution in [0.5, 0.6) is 0 Å². The third kappa shape index (κ3) is 6.17. The molecule has 2 saturated heterocycles. The van der Waals surface area contributed by atoms with Crippen molar-refractivity contribution < 1.29 is 9.53 Å². The summed E-state index contributed by atoms with van der Waals surface area (Å²) in [6.45, 7) is 7.50. The van der Waals surface area contributed by atoms with Crippen LogP contribution in [0.25, 0.3) is 17.3 Å². The Kier molecular flexibility index (Phi) is 8.32. The molecule has 208 valence electrons. The number of aromatic nitrogens is 2. The van der Waals surface area contributed by atoms with Crippen LogP contribution in [-0.2, 0) is 9.53 Å². The fourth-order valence-corrected chi connectivity index (χ4v) is 5.66. The van der Waals surface area contributed by atoms with E-state index in [1.54, 1.807) is 0 Å². The van der Waals surface area contributed by atoms with E-state index in [9.17, 15) is 4.79 Å². The molecule has 0 saturated carbocycles. The zero-order valence-corrected chi connectivity index (χ0v) is 22.7. The van der Waals surface area contributed by atoms with Crippen molar-refractivity contribution in [3.05, 3.63) is 71.6 Å². The number of nitrogens with one attached hydrogen (secondary N) is 4. The molecule has 9 heteroatoms. The number of hydrogen-bond donors (Lipinski definition) is 4. The van der Waals surface area contributed by atoms with E-state index >= 15 is 0 Å². The maximum absolute atomic E-state index is 11.9. The Balaban J connectivity index is 1.20. The molecule has 2 aromatic heterocycles. The summed E-state index contributed by atoms with van der Waals surface area (Å²) < 4.78 is 5.42. The number of rotatable bonds is 9. The van der Waals surface area contributed by atoms with Gasteiger partial charge in [0, 0.05) is 49.2 Å². The first-order valence-electron chi connectivity index (χ1n) is 14.3. The van der Waals surface area contributed by atoms with Crippen LogP contribution in [0.2, 0.25) is 0 Å². The SMILES string of the molecule is O=CC1NC=Cc2cc(-c3ccc(NCCN4CCOCC4)nc3)nc(Nc3ccc(C4CCNCC4)cc3)c21. The van der Waals surface area contributed by atoms with E-state index in [1.165, 1.54) is 18.4 Å². The first kappa shape index (κ1) is 26.4. The second-order valence-corrected chi connectivity index (χ2v) is 10.6. The quantitative estimate of drug-likeness (QED) is 0.301. The largest absolute Gasteiger partial charge is 0.379 e. The molecule has 40 heavy (non-hydrogen) atoms. The Morgan fingerprint density at radius 2 is 1.90 bits per heavy atom. The lowest BCUT2D eigenvalue weighted by atomic mass is 9.90. The lowest BCUT2D eigenvalue weighted by Gasteiger charge is -2.26. The van der Waals surface area contributed by atoms with E-state index in [4.69, 9.17) is 9.72 Å². The second kappa shape index (κ2) is 12.6. The van der Waals surface area contributed by atoms with Crippen LogP contribution in [0.3, 0.4) is 0 Å². The molecule has 0 aliphatic carbocycles. The molecule has 2 fully saturated rings. The molecule has 0 bridgehead atoms. The molecule has 3 aliphatic heterocycles. The average molecular weight is 540 g/mol. The van der Waals surface area contributed by atoms with Crippen LogP contribution in [0, 0.1) is 0 Å². The summed E-state index contributed by atoms with van der Waals surface area (Å²) in [5.74, 6) is 2.11. The molecule has 5 heterocycles. The normalized spacial score (nSPS) is 19.4. The Morgan fingerprint density at radius 3 is 2.65 bits per heavy atom. The zero-order chi connectivity index (χ0) is 27.1. The van der Waals surface area contributed by atoms with Crippen molar-refractivity contribution in [1.82, 2.24) is 25.5 Å². The molecule has 1 unspecified atom stereocenters. The van der Waals surface area contributed by atoms with Gasteiger partial charge in [-0.25, -0.2) is 9.97 Å². The van der Waals surface area contributed by atoms with E-state index in [0.717, 1.165) is 92.7 Å². The zero-order valence-electron chi connectivity index (χ0n) is 22.7. The van der Waals surface area contributed by atoms with Crippen LogP contribution in [0.1, 0.15) is 41.5 Å². The van der Waals surface area contributed by atoms with Crippen molar-refractivity contribution >= 4 is 29.7 Å². The maximum atomic E-state index is 11.9. The van der Waals surface area contributed by atoms with E-state index in [2.05, 4.69) is 55.4 Å². The van der Waals surface area contributed by atoms with Gasteiger partial charge in [0.05, 0.1) is 18.9 Å². The van der Waals surface area contributed by atoms with Crippen LogP contribution in [-0.4, -0.2) is 73.6 Å². The van der Waals surface area contributed by atoms with Gasteiger partial charge in [-0.3, -0.25) is 4.90 Å². The number of nitrogens with zero attached hydrogens (tertiary/aromatic N) is 3. The molecule has 1 aromatic carbocycles. The minimum absolute atomic E-state index is 0.464. The fourth-order valence-electron chi connectivity index (χ4n) is 5.66. The minimum Gasteiger partial charge on any atom is -0.379 e. The average Bonchev–Trinajstić information content (AvgIpc) is 3.02. The van der Waals surface area contributed by atoms with Crippen LogP contribution in [0.4, 0.5) is 17.3 Å². The van der Waals surface area contributed by atoms with Crippen molar-refractivity contribution in [2.24, 2.45) is 0 Å². The molecule has 3 aliphatic rings. The summed E-state index contributed by atoms with van der Waals surface area (Å²) in [6.07, 6.45) is 8.92. The number of fused-ring (bicyclic) bond motifs is 1. The summed E-state index contributed by atoms with van der Waals surface area (Å²) in [5.41, 5.74) is 5.84. The highest BCUT2D eigenvalue weighted by Crippen LogP contribution is 2.34. The van der Waals surface area contributed by atoms with E-state index in [-0.39, 0.29) is 0 Å². The molecule has 0 spiro atoms. The van der Waals surface area contributed by atoms with Gasteiger partial charge in [-0.15, -0.1) is 0 Å². The number of carbonyl (C=O) groups excluding carboxylic acids is 1. The summed E-state index contributed by atoms with van der Waals surface area (Å²) in [4.78, 5) is 24.0. The molecule has 3 aromatic rings. The minimum atomic E-state index is -0.464. The highest BCUT2D eigenvalue weighted by atomic mass is 16.5. The van der Waals surface area contributed by atoms with Crippen LogP contribution >= 0.6 is 0 Å². The molecular formula is C31H37N7O2. The van der Waals surface area contributed by atoms with Gasteiger partial charge in [0.1, 0.15) is 24.0 Å². The summed E-state index contributed by atoms with van der Waals surface area (Å²) >= 11 is 0.